The lowest BCUT2D eigenvalue weighted by Crippen LogP contribution is -2.40. The molecule has 1 aliphatic carbocycles. The van der Waals surface area contributed by atoms with Gasteiger partial charge in [-0.3, -0.25) is 14.9 Å². The van der Waals surface area contributed by atoms with Crippen molar-refractivity contribution in [3.8, 4) is 0 Å². The third kappa shape index (κ3) is 8.30. The summed E-state index contributed by atoms with van der Waals surface area (Å²) in [7, 11) is -0.870. The Morgan fingerprint density at radius 3 is 2.41 bits per heavy atom. The number of carbonyl (C=O) groups excluding carboxylic acids is 2. The number of hydrogen-bond acceptors (Lipinski definition) is 5. The van der Waals surface area contributed by atoms with Crippen LogP contribution in [0.15, 0.2) is 46.3 Å². The minimum atomic E-state index is -3.72. The zero-order valence-electron chi connectivity index (χ0n) is 22.3. The Morgan fingerprint density at radius 2 is 1.77 bits per heavy atom. The number of hydrogen-bond donors (Lipinski definition) is 3. The molecule has 2 amide bonds. The Morgan fingerprint density at radius 1 is 1.08 bits per heavy atom. The lowest BCUT2D eigenvalue weighted by Gasteiger charge is -2.25. The quantitative estimate of drug-likeness (QED) is 0.317. The van der Waals surface area contributed by atoms with Gasteiger partial charge < -0.3 is 11.1 Å². The van der Waals surface area contributed by atoms with E-state index in [-0.39, 0.29) is 28.8 Å². The number of halogens is 2. The van der Waals surface area contributed by atoms with Crippen LogP contribution in [-0.4, -0.2) is 50.6 Å². The van der Waals surface area contributed by atoms with Crippen molar-refractivity contribution in [3.63, 3.8) is 0 Å². The Bertz CT molecular complexity index is 1340. The fourth-order valence-corrected chi connectivity index (χ4v) is 5.43. The fourth-order valence-electron chi connectivity index (χ4n) is 4.50. The van der Waals surface area contributed by atoms with E-state index in [0.717, 1.165) is 48.5 Å². The first-order valence-electron chi connectivity index (χ1n) is 12.8. The summed E-state index contributed by atoms with van der Waals surface area (Å²) in [5, 5.41) is 5.20. The topological polar surface area (TPSA) is 134 Å². The van der Waals surface area contributed by atoms with Gasteiger partial charge in [-0.1, -0.05) is 44.2 Å². The average Bonchev–Trinajstić information content (AvgIpc) is 2.87. The summed E-state index contributed by atoms with van der Waals surface area (Å²) in [6.45, 7) is 1.74. The smallest absolute Gasteiger partial charge is 0.249 e. The average molecular weight is 564 g/mol. The molecule has 212 valence electrons. The number of rotatable bonds is 9. The number of aryl methyl sites for hydroxylation is 1. The van der Waals surface area contributed by atoms with Crippen LogP contribution < -0.4 is 16.4 Å². The number of aliphatic imine (C=N–C) groups is 1. The van der Waals surface area contributed by atoms with Gasteiger partial charge >= 0.3 is 0 Å². The van der Waals surface area contributed by atoms with Crippen LogP contribution in [0.4, 0.5) is 14.5 Å². The lowest BCUT2D eigenvalue weighted by molar-refractivity contribution is -0.119. The van der Waals surface area contributed by atoms with Crippen molar-refractivity contribution in [1.29, 1.82) is 0 Å². The van der Waals surface area contributed by atoms with E-state index in [1.54, 1.807) is 13.0 Å². The second kappa shape index (κ2) is 13.1. The molecule has 0 bridgehead atoms. The molecule has 9 nitrogen and oxygen atoms in total. The van der Waals surface area contributed by atoms with Gasteiger partial charge in [0, 0.05) is 19.8 Å². The summed E-state index contributed by atoms with van der Waals surface area (Å²) < 4.78 is 52.9. The van der Waals surface area contributed by atoms with Gasteiger partial charge in [-0.25, -0.2) is 26.5 Å². The van der Waals surface area contributed by atoms with E-state index in [1.165, 1.54) is 32.3 Å². The monoisotopic (exact) mass is 563 g/mol. The van der Waals surface area contributed by atoms with Crippen LogP contribution >= 0.6 is 0 Å². The van der Waals surface area contributed by atoms with Crippen LogP contribution in [0, 0.1) is 24.5 Å². The fraction of sp³-hybridized carbons (Fsp3) is 0.444. The number of amides is 2. The first-order valence-corrected chi connectivity index (χ1v) is 14.2. The van der Waals surface area contributed by atoms with Crippen LogP contribution in [0.3, 0.4) is 0 Å². The van der Waals surface area contributed by atoms with Gasteiger partial charge in [0.05, 0.1) is 11.3 Å². The van der Waals surface area contributed by atoms with E-state index in [9.17, 15) is 26.8 Å². The molecule has 0 aliphatic heterocycles. The number of anilines is 1. The van der Waals surface area contributed by atoms with Crippen LogP contribution in [0.25, 0.3) is 0 Å². The van der Waals surface area contributed by atoms with Crippen molar-refractivity contribution in [2.24, 2.45) is 16.6 Å². The zero-order valence-corrected chi connectivity index (χ0v) is 23.2. The second-order valence-corrected chi connectivity index (χ2v) is 12.1. The highest BCUT2D eigenvalue weighted by molar-refractivity contribution is 7.89. The number of benzene rings is 2. The molecule has 0 spiro atoms. The van der Waals surface area contributed by atoms with Gasteiger partial charge in [0.25, 0.3) is 0 Å². The van der Waals surface area contributed by atoms with Gasteiger partial charge in [0.1, 0.15) is 6.04 Å². The number of guanidine groups is 1. The van der Waals surface area contributed by atoms with Crippen molar-refractivity contribution in [2.75, 3.05) is 19.4 Å². The van der Waals surface area contributed by atoms with Crippen LogP contribution in [0.2, 0.25) is 0 Å². The van der Waals surface area contributed by atoms with Gasteiger partial charge in [0.15, 0.2) is 17.6 Å². The molecule has 0 unspecified atom stereocenters. The number of carbonyl (C=O) groups is 2. The molecule has 2 aromatic carbocycles. The molecule has 39 heavy (non-hydrogen) atoms. The summed E-state index contributed by atoms with van der Waals surface area (Å²) in [6.07, 6.45) is 5.25. The van der Waals surface area contributed by atoms with E-state index in [4.69, 9.17) is 5.73 Å². The molecule has 0 heterocycles. The number of nitrogens with two attached hydrogens (primary N) is 1. The molecular formula is C27H35F2N5O4S. The van der Waals surface area contributed by atoms with E-state index >= 15 is 0 Å². The standard InChI is InChI=1S/C27H35F2N5O4S/c1-17-9-11-20(39(37,38)34(2)3)16-23(17)31-26(36)24(14-18-7-5-4-6-8-18)32-27(30)33-25(35)15-19-10-12-21(28)22(29)13-19/h9-13,16,18,24H,4-8,14-15H2,1-3H3,(H,31,36)(H3,30,32,33,35)/t24-/m1/s1. The Kier molecular flexibility index (Phi) is 10.1. The summed E-state index contributed by atoms with van der Waals surface area (Å²) >= 11 is 0. The molecule has 0 radical (unpaired) electrons. The van der Waals surface area contributed by atoms with Crippen LogP contribution in [-0.2, 0) is 26.0 Å². The minimum absolute atomic E-state index is 0.0322. The molecule has 0 aromatic heterocycles. The number of nitrogens with one attached hydrogen (secondary N) is 2. The lowest BCUT2D eigenvalue weighted by atomic mass is 9.84. The van der Waals surface area contributed by atoms with E-state index in [0.29, 0.717) is 17.7 Å². The molecule has 2 aromatic rings. The molecule has 1 saturated carbocycles. The third-order valence-electron chi connectivity index (χ3n) is 6.74. The van der Waals surface area contributed by atoms with E-state index < -0.39 is 39.5 Å². The number of sulfonamides is 1. The normalized spacial score (nSPS) is 15.7. The largest absolute Gasteiger partial charge is 0.370 e. The van der Waals surface area contributed by atoms with Crippen molar-refractivity contribution >= 4 is 33.5 Å². The van der Waals surface area contributed by atoms with E-state index in [2.05, 4.69) is 15.6 Å². The van der Waals surface area contributed by atoms with Crippen molar-refractivity contribution in [3.05, 3.63) is 59.2 Å². The first kappa shape index (κ1) is 30.2. The Balaban J connectivity index is 1.79. The zero-order chi connectivity index (χ0) is 28.7. The number of nitrogens with zero attached hydrogens (tertiary/aromatic N) is 2. The maximum atomic E-state index is 13.5. The van der Waals surface area contributed by atoms with Gasteiger partial charge in [-0.05, 0) is 54.7 Å². The predicted molar refractivity (Wildman–Crippen MR) is 145 cm³/mol. The summed E-state index contributed by atoms with van der Waals surface area (Å²) in [5.41, 5.74) is 7.22. The maximum absolute atomic E-state index is 13.5. The Labute approximate surface area is 227 Å². The van der Waals surface area contributed by atoms with Crippen LogP contribution in [0.1, 0.15) is 49.7 Å². The summed E-state index contributed by atoms with van der Waals surface area (Å²) in [5.74, 6) is -3.21. The minimum Gasteiger partial charge on any atom is -0.370 e. The Hall–Kier alpha value is -3.38. The summed E-state index contributed by atoms with van der Waals surface area (Å²) in [6, 6.07) is 6.69. The first-order chi connectivity index (χ1) is 18.4. The molecule has 12 heteroatoms. The van der Waals surface area contributed by atoms with Crippen LogP contribution in [0.5, 0.6) is 0 Å². The second-order valence-electron chi connectivity index (χ2n) is 10.00. The SMILES string of the molecule is Cc1ccc(S(=O)(=O)N(C)C)cc1NC(=O)[C@@H](CC1CCCCC1)N=C(N)NC(=O)Cc1ccc(F)c(F)c1. The van der Waals surface area contributed by atoms with E-state index in [1.807, 2.05) is 0 Å². The molecule has 4 N–H and O–H groups in total. The highest BCUT2D eigenvalue weighted by Gasteiger charge is 2.26. The van der Waals surface area contributed by atoms with Crippen molar-refractivity contribution in [1.82, 2.24) is 9.62 Å². The predicted octanol–water partition coefficient (Wildman–Crippen LogP) is 3.47. The van der Waals surface area contributed by atoms with Crippen molar-refractivity contribution < 1.29 is 26.8 Å². The molecule has 0 saturated heterocycles. The highest BCUT2D eigenvalue weighted by atomic mass is 32.2. The third-order valence-corrected chi connectivity index (χ3v) is 8.55. The van der Waals surface area contributed by atoms with Gasteiger partial charge in [-0.2, -0.15) is 0 Å². The molecule has 3 rings (SSSR count). The van der Waals surface area contributed by atoms with Gasteiger partial charge in [0.2, 0.25) is 21.8 Å². The molecule has 1 aliphatic rings. The molecule has 1 fully saturated rings. The maximum Gasteiger partial charge on any atom is 0.249 e. The molecular weight excluding hydrogens is 528 g/mol. The van der Waals surface area contributed by atoms with Crippen molar-refractivity contribution in [2.45, 2.75) is 62.8 Å². The molecule has 1 atom stereocenters. The summed E-state index contributed by atoms with van der Waals surface area (Å²) in [4.78, 5) is 30.2. The highest BCUT2D eigenvalue weighted by Crippen LogP contribution is 2.29. The van der Waals surface area contributed by atoms with Gasteiger partial charge in [-0.15, -0.1) is 0 Å².